The Labute approximate surface area is 115 Å². The van der Waals surface area contributed by atoms with Crippen molar-refractivity contribution in [2.75, 3.05) is 6.54 Å². The van der Waals surface area contributed by atoms with Crippen LogP contribution in [-0.2, 0) is 9.59 Å². The van der Waals surface area contributed by atoms with Crippen molar-refractivity contribution in [2.45, 2.75) is 58.9 Å². The van der Waals surface area contributed by atoms with Crippen molar-refractivity contribution in [3.05, 3.63) is 0 Å². The van der Waals surface area contributed by atoms with Crippen LogP contribution in [0.15, 0.2) is 0 Å². The third kappa shape index (κ3) is 10.5. The Hall–Kier alpha value is -1.10. The molecule has 0 aromatic rings. The molecular weight excluding hydrogens is 244 g/mol. The Kier molecular flexibility index (Phi) is 9.21. The van der Waals surface area contributed by atoms with Gasteiger partial charge in [-0.25, -0.2) is 0 Å². The van der Waals surface area contributed by atoms with Gasteiger partial charge in [0.2, 0.25) is 5.91 Å². The lowest BCUT2D eigenvalue weighted by Crippen LogP contribution is -2.33. The minimum Gasteiger partial charge on any atom is -0.481 e. The van der Waals surface area contributed by atoms with Crippen molar-refractivity contribution in [1.82, 2.24) is 5.32 Å². The van der Waals surface area contributed by atoms with Gasteiger partial charge in [-0.15, -0.1) is 0 Å². The van der Waals surface area contributed by atoms with E-state index in [1.54, 1.807) is 0 Å². The molecule has 0 aliphatic carbocycles. The molecule has 3 unspecified atom stereocenters. The third-order valence-electron chi connectivity index (χ3n) is 3.22. The topological polar surface area (TPSA) is 92.4 Å². The SMILES string of the molecule is CC(N)CCCC(C)C(=O)NCC(C)CCC(=O)O. The maximum absolute atomic E-state index is 11.8. The second-order valence-electron chi connectivity index (χ2n) is 5.59. The molecule has 0 heterocycles. The van der Waals surface area contributed by atoms with Crippen LogP contribution in [0.1, 0.15) is 52.9 Å². The second-order valence-corrected chi connectivity index (χ2v) is 5.59. The number of carbonyl (C=O) groups is 2. The number of hydrogen-bond donors (Lipinski definition) is 3. The molecule has 0 bridgehead atoms. The van der Waals surface area contributed by atoms with E-state index in [4.69, 9.17) is 10.8 Å². The molecular formula is C14H28N2O3. The molecule has 0 radical (unpaired) electrons. The molecule has 0 aliphatic heterocycles. The average Bonchev–Trinajstić information content (AvgIpc) is 2.32. The quantitative estimate of drug-likeness (QED) is 0.565. The van der Waals surface area contributed by atoms with Gasteiger partial charge in [0.1, 0.15) is 0 Å². The summed E-state index contributed by atoms with van der Waals surface area (Å²) < 4.78 is 0. The number of rotatable bonds is 10. The van der Waals surface area contributed by atoms with E-state index < -0.39 is 5.97 Å². The maximum Gasteiger partial charge on any atom is 0.303 e. The van der Waals surface area contributed by atoms with Gasteiger partial charge < -0.3 is 16.2 Å². The van der Waals surface area contributed by atoms with Gasteiger partial charge in [-0.05, 0) is 32.1 Å². The lowest BCUT2D eigenvalue weighted by Gasteiger charge is -2.15. The lowest BCUT2D eigenvalue weighted by molar-refractivity contribution is -0.137. The minimum atomic E-state index is -0.789. The monoisotopic (exact) mass is 272 g/mol. The average molecular weight is 272 g/mol. The van der Waals surface area contributed by atoms with E-state index in [0.29, 0.717) is 13.0 Å². The highest BCUT2D eigenvalue weighted by Crippen LogP contribution is 2.10. The molecule has 0 aromatic carbocycles. The predicted molar refractivity (Wildman–Crippen MR) is 75.7 cm³/mol. The van der Waals surface area contributed by atoms with E-state index in [1.807, 2.05) is 20.8 Å². The Balaban J connectivity index is 3.74. The van der Waals surface area contributed by atoms with Crippen molar-refractivity contribution in [2.24, 2.45) is 17.6 Å². The van der Waals surface area contributed by atoms with Crippen molar-refractivity contribution in [3.63, 3.8) is 0 Å². The molecule has 0 rings (SSSR count). The molecule has 3 atom stereocenters. The predicted octanol–water partition coefficient (Wildman–Crippen LogP) is 1.76. The van der Waals surface area contributed by atoms with E-state index in [1.165, 1.54) is 0 Å². The summed E-state index contributed by atoms with van der Waals surface area (Å²) in [6, 6.07) is 0.186. The van der Waals surface area contributed by atoms with Crippen LogP contribution in [0.2, 0.25) is 0 Å². The van der Waals surface area contributed by atoms with Crippen LogP contribution < -0.4 is 11.1 Å². The number of carboxylic acids is 1. The van der Waals surface area contributed by atoms with Crippen molar-refractivity contribution >= 4 is 11.9 Å². The minimum absolute atomic E-state index is 0.00887. The summed E-state index contributed by atoms with van der Waals surface area (Å²) in [5.74, 6) is -0.559. The summed E-state index contributed by atoms with van der Waals surface area (Å²) in [6.07, 6.45) is 3.49. The highest BCUT2D eigenvalue weighted by molar-refractivity contribution is 5.78. The summed E-state index contributed by atoms with van der Waals surface area (Å²) in [7, 11) is 0. The number of nitrogens with two attached hydrogens (primary N) is 1. The molecule has 5 nitrogen and oxygen atoms in total. The number of nitrogens with one attached hydrogen (secondary N) is 1. The highest BCUT2D eigenvalue weighted by Gasteiger charge is 2.14. The van der Waals surface area contributed by atoms with Crippen molar-refractivity contribution < 1.29 is 14.7 Å². The van der Waals surface area contributed by atoms with Gasteiger partial charge in [0.25, 0.3) is 0 Å². The van der Waals surface area contributed by atoms with Gasteiger partial charge in [0.15, 0.2) is 0 Å². The Morgan fingerprint density at radius 1 is 1.16 bits per heavy atom. The van der Waals surface area contributed by atoms with Crippen molar-refractivity contribution in [1.29, 1.82) is 0 Å². The molecule has 0 aliphatic rings. The zero-order valence-electron chi connectivity index (χ0n) is 12.3. The Morgan fingerprint density at radius 2 is 1.79 bits per heavy atom. The van der Waals surface area contributed by atoms with Gasteiger partial charge in [-0.3, -0.25) is 9.59 Å². The number of carboxylic acid groups (broad SMARTS) is 1. The first-order valence-electron chi connectivity index (χ1n) is 7.08. The van der Waals surface area contributed by atoms with E-state index in [-0.39, 0.29) is 30.2 Å². The summed E-state index contributed by atoms with van der Waals surface area (Å²) in [4.78, 5) is 22.2. The maximum atomic E-state index is 11.8. The third-order valence-corrected chi connectivity index (χ3v) is 3.22. The van der Waals surface area contributed by atoms with E-state index >= 15 is 0 Å². The van der Waals surface area contributed by atoms with Gasteiger partial charge in [0, 0.05) is 24.9 Å². The van der Waals surface area contributed by atoms with Gasteiger partial charge in [-0.2, -0.15) is 0 Å². The number of aliphatic carboxylic acids is 1. The van der Waals surface area contributed by atoms with E-state index in [0.717, 1.165) is 19.3 Å². The number of hydrogen-bond acceptors (Lipinski definition) is 3. The zero-order valence-corrected chi connectivity index (χ0v) is 12.3. The molecule has 0 saturated carbocycles. The van der Waals surface area contributed by atoms with Gasteiger partial charge >= 0.3 is 5.97 Å². The van der Waals surface area contributed by atoms with E-state index in [9.17, 15) is 9.59 Å². The fourth-order valence-corrected chi connectivity index (χ4v) is 1.80. The smallest absolute Gasteiger partial charge is 0.303 e. The highest BCUT2D eigenvalue weighted by atomic mass is 16.4. The molecule has 5 heteroatoms. The van der Waals surface area contributed by atoms with Crippen LogP contribution in [0.3, 0.4) is 0 Å². The van der Waals surface area contributed by atoms with Gasteiger partial charge in [-0.1, -0.05) is 20.3 Å². The van der Waals surface area contributed by atoms with Crippen LogP contribution in [0.4, 0.5) is 0 Å². The fraction of sp³-hybridized carbons (Fsp3) is 0.857. The zero-order chi connectivity index (χ0) is 14.8. The normalized spacial score (nSPS) is 15.6. The summed E-state index contributed by atoms with van der Waals surface area (Å²) >= 11 is 0. The molecule has 19 heavy (non-hydrogen) atoms. The first-order valence-corrected chi connectivity index (χ1v) is 7.08. The molecule has 4 N–H and O–H groups in total. The first-order chi connectivity index (χ1) is 8.82. The summed E-state index contributed by atoms with van der Waals surface area (Å²) in [5, 5.41) is 11.5. The molecule has 0 aromatic heterocycles. The Bertz CT molecular complexity index is 280. The number of carbonyl (C=O) groups excluding carboxylic acids is 1. The molecule has 1 amide bonds. The van der Waals surface area contributed by atoms with Crippen LogP contribution in [0.5, 0.6) is 0 Å². The summed E-state index contributed by atoms with van der Waals surface area (Å²) in [6.45, 7) is 6.38. The van der Waals surface area contributed by atoms with Gasteiger partial charge in [0.05, 0.1) is 0 Å². The molecule has 112 valence electrons. The number of amides is 1. The van der Waals surface area contributed by atoms with Crippen molar-refractivity contribution in [3.8, 4) is 0 Å². The molecule has 0 spiro atoms. The second kappa shape index (κ2) is 9.78. The molecule has 0 fully saturated rings. The first kappa shape index (κ1) is 17.9. The lowest BCUT2D eigenvalue weighted by atomic mass is 10.0. The molecule has 0 saturated heterocycles. The van der Waals surface area contributed by atoms with Crippen LogP contribution in [-0.4, -0.2) is 29.6 Å². The van der Waals surface area contributed by atoms with Crippen LogP contribution >= 0.6 is 0 Å². The standard InChI is InChI=1S/C14H28N2O3/c1-10(7-8-13(17)18)9-16-14(19)11(2)5-4-6-12(3)15/h10-12H,4-9,15H2,1-3H3,(H,16,19)(H,17,18). The fourth-order valence-electron chi connectivity index (χ4n) is 1.80. The largest absolute Gasteiger partial charge is 0.481 e. The van der Waals surface area contributed by atoms with Crippen LogP contribution in [0.25, 0.3) is 0 Å². The van der Waals surface area contributed by atoms with Crippen LogP contribution in [0, 0.1) is 11.8 Å². The van der Waals surface area contributed by atoms with E-state index in [2.05, 4.69) is 5.32 Å². The Morgan fingerprint density at radius 3 is 2.32 bits per heavy atom. The summed E-state index contributed by atoms with van der Waals surface area (Å²) in [5.41, 5.74) is 5.66.